The molecule has 0 bridgehead atoms. The van der Waals surface area contributed by atoms with Gasteiger partial charge >= 0.3 is 0 Å². The van der Waals surface area contributed by atoms with Gasteiger partial charge in [-0.25, -0.2) is 4.63 Å². The first-order valence-corrected chi connectivity index (χ1v) is 9.89. The maximum absolute atomic E-state index is 12.8. The Kier molecular flexibility index (Phi) is 5.33. The van der Waals surface area contributed by atoms with Crippen LogP contribution in [0.3, 0.4) is 0 Å². The van der Waals surface area contributed by atoms with Gasteiger partial charge in [-0.2, -0.15) is 0 Å². The highest BCUT2D eigenvalue weighted by Crippen LogP contribution is 2.19. The number of nitrogens with zero attached hydrogens (tertiary/aromatic N) is 5. The number of carbonyl (C=O) groups excluding carboxylic acids is 1. The van der Waals surface area contributed by atoms with Crippen LogP contribution < -0.4 is 4.90 Å². The average Bonchev–Trinajstić information content (AvgIpc) is 3.37. The highest BCUT2D eigenvalue weighted by atomic mass is 16.6. The first-order chi connectivity index (χ1) is 14.0. The molecule has 0 N–H and O–H groups in total. The van der Waals surface area contributed by atoms with Crippen molar-refractivity contribution in [3.05, 3.63) is 58.6 Å². The lowest BCUT2D eigenvalue weighted by atomic mass is 10.0. The molecule has 0 atom stereocenters. The summed E-state index contributed by atoms with van der Waals surface area (Å²) in [6.07, 6.45) is 0.640. The van der Waals surface area contributed by atoms with Gasteiger partial charge in [0.1, 0.15) is 5.69 Å². The fraction of sp³-hybridized carbons (Fsp3) is 0.429. The fourth-order valence-electron chi connectivity index (χ4n) is 3.52. The molecule has 1 fully saturated rings. The van der Waals surface area contributed by atoms with Crippen LogP contribution >= 0.6 is 0 Å². The van der Waals surface area contributed by atoms with Crippen molar-refractivity contribution in [1.82, 2.24) is 20.4 Å². The highest BCUT2D eigenvalue weighted by molar-refractivity contribution is 5.91. The normalized spacial score (nSPS) is 14.6. The molecule has 29 heavy (non-hydrogen) atoms. The number of aromatic nitrogens is 3. The molecule has 1 aliphatic heterocycles. The van der Waals surface area contributed by atoms with Crippen molar-refractivity contribution >= 4 is 11.7 Å². The van der Waals surface area contributed by atoms with Crippen molar-refractivity contribution in [2.45, 2.75) is 33.1 Å². The van der Waals surface area contributed by atoms with Crippen molar-refractivity contribution < 1.29 is 13.9 Å². The maximum atomic E-state index is 12.8. The Morgan fingerprint density at radius 2 is 1.79 bits per heavy atom. The Balaban J connectivity index is 1.35. The number of rotatable bonds is 5. The maximum Gasteiger partial charge on any atom is 0.292 e. The van der Waals surface area contributed by atoms with Crippen LogP contribution in [0, 0.1) is 6.92 Å². The third-order valence-corrected chi connectivity index (χ3v) is 5.30. The molecule has 0 aliphatic carbocycles. The van der Waals surface area contributed by atoms with Gasteiger partial charge in [0, 0.05) is 38.7 Å². The Morgan fingerprint density at radius 1 is 1.07 bits per heavy atom. The first kappa shape index (κ1) is 19.2. The molecule has 0 saturated carbocycles. The molecule has 8 nitrogen and oxygen atoms in total. The van der Waals surface area contributed by atoms with Gasteiger partial charge in [-0.3, -0.25) is 4.79 Å². The lowest BCUT2D eigenvalue weighted by Gasteiger charge is -2.34. The van der Waals surface area contributed by atoms with E-state index in [0.29, 0.717) is 38.5 Å². The molecule has 0 spiro atoms. The minimum absolute atomic E-state index is 0.131. The summed E-state index contributed by atoms with van der Waals surface area (Å²) in [5, 5.41) is 11.8. The predicted molar refractivity (Wildman–Crippen MR) is 107 cm³/mol. The van der Waals surface area contributed by atoms with Crippen molar-refractivity contribution in [3.8, 4) is 0 Å². The van der Waals surface area contributed by atoms with E-state index in [9.17, 15) is 4.79 Å². The van der Waals surface area contributed by atoms with Gasteiger partial charge < -0.3 is 14.3 Å². The summed E-state index contributed by atoms with van der Waals surface area (Å²) >= 11 is 0. The second-order valence-electron chi connectivity index (χ2n) is 7.71. The molecule has 3 heterocycles. The van der Waals surface area contributed by atoms with Gasteiger partial charge in [0.15, 0.2) is 5.82 Å². The minimum atomic E-state index is -0.131. The summed E-state index contributed by atoms with van der Waals surface area (Å²) in [6, 6.07) is 10.2. The number of hydrogen-bond acceptors (Lipinski definition) is 7. The van der Waals surface area contributed by atoms with E-state index < -0.39 is 0 Å². The Hall–Kier alpha value is -3.16. The van der Waals surface area contributed by atoms with Crippen molar-refractivity contribution in [3.63, 3.8) is 0 Å². The van der Waals surface area contributed by atoms with E-state index in [2.05, 4.69) is 58.5 Å². The average molecular weight is 395 g/mol. The number of benzene rings is 1. The zero-order valence-corrected chi connectivity index (χ0v) is 17.0. The van der Waals surface area contributed by atoms with Crippen molar-refractivity contribution in [2.75, 3.05) is 31.1 Å². The summed E-state index contributed by atoms with van der Waals surface area (Å²) in [5.41, 5.74) is 3.96. The lowest BCUT2D eigenvalue weighted by molar-refractivity contribution is 0.0704. The van der Waals surface area contributed by atoms with Crippen LogP contribution in [0.4, 0.5) is 5.82 Å². The molecule has 1 aromatic carbocycles. The predicted octanol–water partition coefficient (Wildman–Crippen LogP) is 3.04. The SMILES string of the molecule is Cc1nonc1N1CCN(C(=O)c2cc(Cc3ccc(C(C)C)cc3)no2)CC1. The minimum Gasteiger partial charge on any atom is -0.351 e. The van der Waals surface area contributed by atoms with Crippen LogP contribution in [-0.4, -0.2) is 52.5 Å². The van der Waals surface area contributed by atoms with Crippen LogP contribution in [0.1, 0.15) is 52.8 Å². The smallest absolute Gasteiger partial charge is 0.292 e. The van der Waals surface area contributed by atoms with E-state index in [1.165, 1.54) is 5.56 Å². The highest BCUT2D eigenvalue weighted by Gasteiger charge is 2.27. The van der Waals surface area contributed by atoms with Crippen molar-refractivity contribution in [2.24, 2.45) is 0 Å². The summed E-state index contributed by atoms with van der Waals surface area (Å²) in [6.45, 7) is 8.71. The Morgan fingerprint density at radius 3 is 2.41 bits per heavy atom. The van der Waals surface area contributed by atoms with Gasteiger partial charge in [0.2, 0.25) is 5.76 Å². The molecule has 152 valence electrons. The van der Waals surface area contributed by atoms with E-state index in [1.807, 2.05) is 6.92 Å². The second kappa shape index (κ2) is 8.06. The van der Waals surface area contributed by atoms with Crippen LogP contribution in [0.25, 0.3) is 0 Å². The molecule has 3 aromatic rings. The molecule has 0 radical (unpaired) electrons. The zero-order valence-electron chi connectivity index (χ0n) is 17.0. The second-order valence-corrected chi connectivity index (χ2v) is 7.71. The number of aryl methyl sites for hydroxylation is 1. The third kappa shape index (κ3) is 4.16. The van der Waals surface area contributed by atoms with E-state index in [0.717, 1.165) is 22.8 Å². The van der Waals surface area contributed by atoms with E-state index in [4.69, 9.17) is 9.15 Å². The number of amides is 1. The standard InChI is InChI=1S/C21H25N5O3/c1-14(2)17-6-4-16(5-7-17)12-18-13-19(28-23-18)21(27)26-10-8-25(9-11-26)20-15(3)22-29-24-20/h4-7,13-14H,8-12H2,1-3H3. The molecule has 8 heteroatoms. The molecule has 1 aliphatic rings. The summed E-state index contributed by atoms with van der Waals surface area (Å²) in [7, 11) is 0. The van der Waals surface area contributed by atoms with E-state index >= 15 is 0 Å². The monoisotopic (exact) mass is 395 g/mol. The molecular formula is C21H25N5O3. The van der Waals surface area contributed by atoms with E-state index in [1.54, 1.807) is 11.0 Å². The lowest BCUT2D eigenvalue weighted by Crippen LogP contribution is -2.49. The Labute approximate surface area is 169 Å². The van der Waals surface area contributed by atoms with Crippen molar-refractivity contribution in [1.29, 1.82) is 0 Å². The first-order valence-electron chi connectivity index (χ1n) is 9.89. The summed E-state index contributed by atoms with van der Waals surface area (Å²) in [5.74, 6) is 1.40. The number of anilines is 1. The van der Waals surface area contributed by atoms with Crippen LogP contribution in [0.2, 0.25) is 0 Å². The number of carbonyl (C=O) groups is 1. The Bertz CT molecular complexity index is 968. The fourth-order valence-corrected chi connectivity index (χ4v) is 3.52. The van der Waals surface area contributed by atoms with Gasteiger partial charge in [-0.1, -0.05) is 48.4 Å². The quantitative estimate of drug-likeness (QED) is 0.656. The van der Waals surface area contributed by atoms with Gasteiger partial charge in [-0.15, -0.1) is 0 Å². The van der Waals surface area contributed by atoms with Gasteiger partial charge in [0.25, 0.3) is 5.91 Å². The van der Waals surface area contributed by atoms with Crippen LogP contribution in [0.5, 0.6) is 0 Å². The van der Waals surface area contributed by atoms with Gasteiger partial charge in [0.05, 0.1) is 5.69 Å². The molecule has 4 rings (SSSR count). The van der Waals surface area contributed by atoms with Gasteiger partial charge in [-0.05, 0) is 29.1 Å². The van der Waals surface area contributed by atoms with E-state index in [-0.39, 0.29) is 11.7 Å². The number of hydrogen-bond donors (Lipinski definition) is 0. The molecular weight excluding hydrogens is 370 g/mol. The van der Waals surface area contributed by atoms with Crippen LogP contribution in [-0.2, 0) is 6.42 Å². The largest absolute Gasteiger partial charge is 0.351 e. The topological polar surface area (TPSA) is 88.5 Å². The zero-order chi connectivity index (χ0) is 20.4. The summed E-state index contributed by atoms with van der Waals surface area (Å²) < 4.78 is 10.1. The molecule has 2 aromatic heterocycles. The molecule has 0 unspecified atom stereocenters. The summed E-state index contributed by atoms with van der Waals surface area (Å²) in [4.78, 5) is 16.6. The molecule has 1 amide bonds. The third-order valence-electron chi connectivity index (χ3n) is 5.30. The van der Waals surface area contributed by atoms with Crippen LogP contribution in [0.15, 0.2) is 39.5 Å². The number of piperazine rings is 1. The molecule has 1 saturated heterocycles.